The van der Waals surface area contributed by atoms with Gasteiger partial charge in [0.25, 0.3) is 5.56 Å². The molecule has 0 N–H and O–H groups in total. The van der Waals surface area contributed by atoms with Crippen molar-refractivity contribution in [2.75, 3.05) is 13.2 Å². The number of rotatable bonds is 7. The second-order valence-electron chi connectivity index (χ2n) is 9.53. The second-order valence-corrected chi connectivity index (χ2v) is 10.5. The maximum Gasteiger partial charge on any atom is 0.338 e. The number of carbonyl (C=O) groups is 1. The second kappa shape index (κ2) is 11.7. The monoisotopic (exact) mass is 570 g/mol. The lowest BCUT2D eigenvalue weighted by Crippen LogP contribution is -2.40. The van der Waals surface area contributed by atoms with E-state index < -0.39 is 12.0 Å². The number of fused-ring (bicyclic) bond motifs is 2. The molecule has 0 saturated heterocycles. The summed E-state index contributed by atoms with van der Waals surface area (Å²) in [5.74, 6) is 2.58. The van der Waals surface area contributed by atoms with E-state index in [-0.39, 0.29) is 18.8 Å². The fourth-order valence-corrected chi connectivity index (χ4v) is 6.17. The lowest BCUT2D eigenvalue weighted by atomic mass is 9.93. The van der Waals surface area contributed by atoms with Crippen molar-refractivity contribution < 1.29 is 14.3 Å². The van der Waals surface area contributed by atoms with Crippen LogP contribution < -0.4 is 19.6 Å². The highest BCUT2D eigenvalue weighted by molar-refractivity contribution is 7.07. The average Bonchev–Trinajstić information content (AvgIpc) is 3.35. The number of esters is 1. The molecule has 1 unspecified atom stereocenters. The van der Waals surface area contributed by atoms with Gasteiger partial charge in [-0.1, -0.05) is 108 Å². The van der Waals surface area contributed by atoms with Crippen LogP contribution in [0.15, 0.2) is 112 Å². The van der Waals surface area contributed by atoms with Gasteiger partial charge in [0, 0.05) is 11.1 Å². The SMILES string of the molecule is C#CCOc1ccc2ccccc2c1/C=c1\sc2n(c1=O)C(c1ccccc1)C(C(=O)OCC)=C(c1ccccc1)N=2. The molecule has 2 heterocycles. The molecule has 6 rings (SSSR count). The van der Waals surface area contributed by atoms with Crippen LogP contribution >= 0.6 is 11.3 Å². The highest BCUT2D eigenvalue weighted by Gasteiger charge is 2.35. The number of benzene rings is 4. The van der Waals surface area contributed by atoms with Gasteiger partial charge in [-0.15, -0.1) is 6.42 Å². The molecule has 1 atom stereocenters. The Bertz CT molecular complexity index is 2050. The summed E-state index contributed by atoms with van der Waals surface area (Å²) in [6.45, 7) is 2.05. The van der Waals surface area contributed by atoms with Crippen LogP contribution in [0.5, 0.6) is 5.75 Å². The smallest absolute Gasteiger partial charge is 0.338 e. The van der Waals surface area contributed by atoms with Gasteiger partial charge >= 0.3 is 5.97 Å². The lowest BCUT2D eigenvalue weighted by molar-refractivity contribution is -0.138. The van der Waals surface area contributed by atoms with E-state index in [2.05, 4.69) is 5.92 Å². The van der Waals surface area contributed by atoms with Crippen LogP contribution in [-0.2, 0) is 9.53 Å². The Morgan fingerprint density at radius 2 is 1.71 bits per heavy atom. The Morgan fingerprint density at radius 3 is 2.45 bits per heavy atom. The molecular formula is C35H26N2O4S. The molecule has 6 nitrogen and oxygen atoms in total. The molecule has 4 aromatic carbocycles. The largest absolute Gasteiger partial charge is 0.480 e. The number of ether oxygens (including phenoxy) is 2. The van der Waals surface area contributed by atoms with Gasteiger partial charge in [0.1, 0.15) is 12.4 Å². The third kappa shape index (κ3) is 4.93. The quantitative estimate of drug-likeness (QED) is 0.202. The van der Waals surface area contributed by atoms with Crippen LogP contribution in [-0.4, -0.2) is 23.8 Å². The highest BCUT2D eigenvalue weighted by Crippen LogP contribution is 2.35. The molecule has 0 fully saturated rings. The molecule has 0 amide bonds. The van der Waals surface area contributed by atoms with E-state index in [1.54, 1.807) is 11.5 Å². The first kappa shape index (κ1) is 27.0. The standard InChI is InChI=1S/C35H26N2O4S/c1-3-21-41-28-20-19-23-13-11-12-18-26(23)27(28)22-29-33(38)37-32(25-16-9-6-10-17-25)30(34(39)40-4-2)31(36-35(37)42-29)24-14-7-5-8-15-24/h1,5-20,22,32H,4,21H2,2H3/b29-22-. The number of terminal acetylenes is 1. The van der Waals surface area contributed by atoms with Crippen LogP contribution in [0.2, 0.25) is 0 Å². The van der Waals surface area contributed by atoms with Gasteiger partial charge in [-0.3, -0.25) is 9.36 Å². The molecular weight excluding hydrogens is 544 g/mol. The van der Waals surface area contributed by atoms with Crippen molar-refractivity contribution in [2.45, 2.75) is 13.0 Å². The summed E-state index contributed by atoms with van der Waals surface area (Å²) in [5.41, 5.74) is 2.82. The molecule has 0 aliphatic carbocycles. The van der Waals surface area contributed by atoms with Crippen molar-refractivity contribution >= 4 is 39.9 Å². The first-order valence-electron chi connectivity index (χ1n) is 13.5. The normalized spacial score (nSPS) is 14.7. The van der Waals surface area contributed by atoms with Crippen molar-refractivity contribution in [1.29, 1.82) is 0 Å². The Balaban J connectivity index is 1.66. The van der Waals surface area contributed by atoms with Crippen LogP contribution in [0.1, 0.15) is 29.7 Å². The molecule has 1 aliphatic rings. The van der Waals surface area contributed by atoms with E-state index in [1.165, 1.54) is 11.3 Å². The van der Waals surface area contributed by atoms with E-state index in [4.69, 9.17) is 20.9 Å². The molecule has 5 aromatic rings. The molecule has 206 valence electrons. The topological polar surface area (TPSA) is 69.9 Å². The molecule has 0 bridgehead atoms. The third-order valence-corrected chi connectivity index (χ3v) is 7.99. The Hall–Kier alpha value is -5.19. The van der Waals surface area contributed by atoms with Crippen LogP contribution in [0.25, 0.3) is 22.5 Å². The van der Waals surface area contributed by atoms with Gasteiger partial charge in [0.15, 0.2) is 4.80 Å². The number of nitrogens with zero attached hydrogens (tertiary/aromatic N) is 2. The van der Waals surface area contributed by atoms with Crippen LogP contribution in [0.3, 0.4) is 0 Å². The zero-order valence-corrected chi connectivity index (χ0v) is 23.6. The minimum atomic E-state index is -0.733. The Kier molecular flexibility index (Phi) is 7.54. The van der Waals surface area contributed by atoms with E-state index in [9.17, 15) is 9.59 Å². The number of thiazole rings is 1. The summed E-state index contributed by atoms with van der Waals surface area (Å²) >= 11 is 1.27. The van der Waals surface area contributed by atoms with Gasteiger partial charge in [0.05, 0.1) is 28.5 Å². The fourth-order valence-electron chi connectivity index (χ4n) is 5.19. The maximum absolute atomic E-state index is 14.3. The summed E-state index contributed by atoms with van der Waals surface area (Å²) in [7, 11) is 0. The van der Waals surface area contributed by atoms with Crippen molar-refractivity contribution in [3.63, 3.8) is 0 Å². The molecule has 0 radical (unpaired) electrons. The van der Waals surface area contributed by atoms with E-state index >= 15 is 0 Å². The number of carbonyl (C=O) groups excluding carboxylic acids is 1. The number of hydrogen-bond acceptors (Lipinski definition) is 6. The average molecular weight is 571 g/mol. The first-order valence-corrected chi connectivity index (χ1v) is 14.3. The van der Waals surface area contributed by atoms with E-state index in [0.717, 1.165) is 27.5 Å². The van der Waals surface area contributed by atoms with Crippen LogP contribution in [0.4, 0.5) is 0 Å². The molecule has 1 aromatic heterocycles. The van der Waals surface area contributed by atoms with E-state index in [0.29, 0.717) is 26.4 Å². The Morgan fingerprint density at radius 1 is 1.00 bits per heavy atom. The molecule has 7 heteroatoms. The third-order valence-electron chi connectivity index (χ3n) is 7.01. The van der Waals surface area contributed by atoms with Crippen molar-refractivity contribution in [2.24, 2.45) is 4.99 Å². The summed E-state index contributed by atoms with van der Waals surface area (Å²) in [5, 5.41) is 1.93. The first-order chi connectivity index (χ1) is 20.6. The summed E-state index contributed by atoms with van der Waals surface area (Å²) < 4.78 is 13.5. The zero-order valence-electron chi connectivity index (χ0n) is 22.8. The molecule has 42 heavy (non-hydrogen) atoms. The van der Waals surface area contributed by atoms with Crippen molar-refractivity contribution in [3.05, 3.63) is 139 Å². The van der Waals surface area contributed by atoms with Gasteiger partial charge in [-0.05, 0) is 35.4 Å². The van der Waals surface area contributed by atoms with Gasteiger partial charge in [0.2, 0.25) is 0 Å². The highest BCUT2D eigenvalue weighted by atomic mass is 32.1. The minimum Gasteiger partial charge on any atom is -0.480 e. The predicted octanol–water partition coefficient (Wildman–Crippen LogP) is 5.10. The Labute approximate surface area is 246 Å². The molecule has 0 saturated carbocycles. The number of hydrogen-bond donors (Lipinski definition) is 0. The number of aromatic nitrogens is 1. The molecule has 0 spiro atoms. The predicted molar refractivity (Wildman–Crippen MR) is 166 cm³/mol. The van der Waals surface area contributed by atoms with Crippen LogP contribution in [0, 0.1) is 12.3 Å². The van der Waals surface area contributed by atoms with E-state index in [1.807, 2.05) is 103 Å². The minimum absolute atomic E-state index is 0.0950. The summed E-state index contributed by atoms with van der Waals surface area (Å²) in [6, 6.07) is 30.0. The zero-order chi connectivity index (χ0) is 29.1. The summed E-state index contributed by atoms with van der Waals surface area (Å²) in [4.78, 5) is 33.3. The summed E-state index contributed by atoms with van der Waals surface area (Å²) in [6.07, 6.45) is 7.31. The van der Waals surface area contributed by atoms with Gasteiger partial charge < -0.3 is 9.47 Å². The fraction of sp³-hybridized carbons (Fsp3) is 0.114. The van der Waals surface area contributed by atoms with Gasteiger partial charge in [-0.2, -0.15) is 0 Å². The van der Waals surface area contributed by atoms with Gasteiger partial charge in [-0.25, -0.2) is 9.79 Å². The van der Waals surface area contributed by atoms with Crippen molar-refractivity contribution in [3.8, 4) is 18.1 Å². The lowest BCUT2D eigenvalue weighted by Gasteiger charge is -2.25. The maximum atomic E-state index is 14.3. The van der Waals surface area contributed by atoms with Crippen molar-refractivity contribution in [1.82, 2.24) is 4.57 Å². The molecule has 1 aliphatic heterocycles.